The number of aliphatic hydroxyl groups excluding tert-OH is 1. The zero-order valence-corrected chi connectivity index (χ0v) is 12.5. The Kier molecular flexibility index (Phi) is 4.34. The summed E-state index contributed by atoms with van der Waals surface area (Å²) in [5.74, 6) is -0.160. The van der Waals surface area contributed by atoms with E-state index in [1.807, 2.05) is 30.3 Å². The SMILES string of the molecule is Cl.NC1(C(=O)NCC(O)c2cc3ccccc3s2)CC1. The van der Waals surface area contributed by atoms with Gasteiger partial charge in [0.15, 0.2) is 0 Å². The number of carbonyl (C=O) groups excluding carboxylic acids is 1. The van der Waals surface area contributed by atoms with Crippen molar-refractivity contribution in [1.29, 1.82) is 0 Å². The predicted molar refractivity (Wildman–Crippen MR) is 83.2 cm³/mol. The zero-order valence-electron chi connectivity index (χ0n) is 10.8. The van der Waals surface area contributed by atoms with Crippen LogP contribution < -0.4 is 11.1 Å². The van der Waals surface area contributed by atoms with Gasteiger partial charge in [0.25, 0.3) is 0 Å². The molecule has 1 aliphatic rings. The van der Waals surface area contributed by atoms with E-state index in [0.29, 0.717) is 0 Å². The first-order valence-electron chi connectivity index (χ1n) is 6.32. The highest BCUT2D eigenvalue weighted by molar-refractivity contribution is 7.19. The van der Waals surface area contributed by atoms with Crippen LogP contribution in [0.3, 0.4) is 0 Å². The first-order valence-corrected chi connectivity index (χ1v) is 7.14. The summed E-state index contributed by atoms with van der Waals surface area (Å²) in [6.07, 6.45) is 0.791. The minimum absolute atomic E-state index is 0. The second-order valence-electron chi connectivity index (χ2n) is 5.07. The van der Waals surface area contributed by atoms with Crippen LogP contribution in [0.15, 0.2) is 30.3 Å². The van der Waals surface area contributed by atoms with Gasteiger partial charge in [0.2, 0.25) is 5.91 Å². The highest BCUT2D eigenvalue weighted by Crippen LogP contribution is 2.33. The number of thiophene rings is 1. The molecule has 20 heavy (non-hydrogen) atoms. The van der Waals surface area contributed by atoms with Gasteiger partial charge < -0.3 is 16.2 Å². The molecule has 1 unspecified atom stereocenters. The number of benzene rings is 1. The zero-order chi connectivity index (χ0) is 13.5. The molecule has 0 saturated heterocycles. The summed E-state index contributed by atoms with van der Waals surface area (Å²) in [6, 6.07) is 9.94. The Morgan fingerprint density at radius 2 is 2.15 bits per heavy atom. The van der Waals surface area contributed by atoms with E-state index in [-0.39, 0.29) is 24.9 Å². The van der Waals surface area contributed by atoms with E-state index in [1.54, 1.807) is 11.3 Å². The number of hydrogen-bond donors (Lipinski definition) is 3. The average Bonchev–Trinajstić information content (AvgIpc) is 3.02. The Hall–Kier alpha value is -1.14. The van der Waals surface area contributed by atoms with Gasteiger partial charge in [-0.1, -0.05) is 18.2 Å². The minimum atomic E-state index is -0.681. The summed E-state index contributed by atoms with van der Waals surface area (Å²) in [4.78, 5) is 12.6. The molecule has 1 saturated carbocycles. The summed E-state index contributed by atoms with van der Waals surface area (Å²) in [6.45, 7) is 0.213. The Morgan fingerprint density at radius 1 is 1.45 bits per heavy atom. The Morgan fingerprint density at radius 3 is 2.80 bits per heavy atom. The third-order valence-electron chi connectivity index (χ3n) is 3.47. The van der Waals surface area contributed by atoms with Crippen molar-refractivity contribution in [2.24, 2.45) is 5.73 Å². The summed E-state index contributed by atoms with van der Waals surface area (Å²) in [5.41, 5.74) is 5.10. The van der Waals surface area contributed by atoms with Crippen molar-refractivity contribution in [1.82, 2.24) is 5.32 Å². The van der Waals surface area contributed by atoms with Gasteiger partial charge in [-0.05, 0) is 30.4 Å². The topological polar surface area (TPSA) is 75.4 Å². The molecule has 1 aromatic carbocycles. The Labute approximate surface area is 127 Å². The molecule has 1 fully saturated rings. The summed E-state index contributed by atoms with van der Waals surface area (Å²) in [7, 11) is 0. The molecule has 1 amide bonds. The summed E-state index contributed by atoms with van der Waals surface area (Å²) < 4.78 is 1.14. The molecule has 2 aromatic rings. The average molecular weight is 313 g/mol. The number of halogens is 1. The molecular weight excluding hydrogens is 296 g/mol. The summed E-state index contributed by atoms with van der Waals surface area (Å²) >= 11 is 1.55. The van der Waals surface area contributed by atoms with Crippen LogP contribution in [-0.2, 0) is 4.79 Å². The van der Waals surface area contributed by atoms with Crippen LogP contribution in [0.2, 0.25) is 0 Å². The van der Waals surface area contributed by atoms with E-state index in [1.165, 1.54) is 0 Å². The molecule has 1 aromatic heterocycles. The van der Waals surface area contributed by atoms with Gasteiger partial charge in [0.05, 0.1) is 5.54 Å². The van der Waals surface area contributed by atoms with E-state index in [4.69, 9.17) is 5.73 Å². The van der Waals surface area contributed by atoms with Crippen molar-refractivity contribution in [3.05, 3.63) is 35.2 Å². The van der Waals surface area contributed by atoms with Gasteiger partial charge in [0.1, 0.15) is 6.10 Å². The fourth-order valence-electron chi connectivity index (χ4n) is 1.99. The van der Waals surface area contributed by atoms with Crippen LogP contribution in [0.25, 0.3) is 10.1 Å². The third kappa shape index (κ3) is 2.96. The van der Waals surface area contributed by atoms with E-state index in [9.17, 15) is 9.90 Å². The number of aliphatic hydroxyl groups is 1. The van der Waals surface area contributed by atoms with Crippen molar-refractivity contribution in [3.8, 4) is 0 Å². The summed E-state index contributed by atoms with van der Waals surface area (Å²) in [5, 5.41) is 13.9. The highest BCUT2D eigenvalue weighted by atomic mass is 35.5. The van der Waals surface area contributed by atoms with E-state index in [2.05, 4.69) is 5.32 Å². The van der Waals surface area contributed by atoms with Crippen molar-refractivity contribution in [3.63, 3.8) is 0 Å². The van der Waals surface area contributed by atoms with Crippen LogP contribution in [0.5, 0.6) is 0 Å². The minimum Gasteiger partial charge on any atom is -0.386 e. The second-order valence-corrected chi connectivity index (χ2v) is 6.18. The van der Waals surface area contributed by atoms with E-state index < -0.39 is 11.6 Å². The molecule has 1 heterocycles. The van der Waals surface area contributed by atoms with Crippen LogP contribution in [0.1, 0.15) is 23.8 Å². The van der Waals surface area contributed by atoms with E-state index in [0.717, 1.165) is 27.8 Å². The fourth-order valence-corrected chi connectivity index (χ4v) is 3.04. The molecule has 1 aliphatic carbocycles. The van der Waals surface area contributed by atoms with Crippen LogP contribution in [0, 0.1) is 0 Å². The number of amides is 1. The molecule has 0 spiro atoms. The maximum atomic E-state index is 11.7. The van der Waals surface area contributed by atoms with Crippen molar-refractivity contribution < 1.29 is 9.90 Å². The van der Waals surface area contributed by atoms with Gasteiger partial charge in [-0.25, -0.2) is 0 Å². The van der Waals surface area contributed by atoms with Gasteiger partial charge in [-0.2, -0.15) is 0 Å². The predicted octanol–water partition coefficient (Wildman–Crippen LogP) is 1.96. The first kappa shape index (κ1) is 15.3. The van der Waals surface area contributed by atoms with Crippen LogP contribution in [-0.4, -0.2) is 23.1 Å². The molecule has 0 radical (unpaired) electrons. The number of nitrogens with two attached hydrogens (primary N) is 1. The van der Waals surface area contributed by atoms with Crippen molar-refractivity contribution in [2.75, 3.05) is 6.54 Å². The largest absolute Gasteiger partial charge is 0.386 e. The van der Waals surface area contributed by atoms with Crippen molar-refractivity contribution in [2.45, 2.75) is 24.5 Å². The molecule has 1 atom stereocenters. The van der Waals surface area contributed by atoms with E-state index >= 15 is 0 Å². The van der Waals surface area contributed by atoms with Gasteiger partial charge in [-0.3, -0.25) is 4.79 Å². The molecule has 108 valence electrons. The number of fused-ring (bicyclic) bond motifs is 1. The number of carbonyl (C=O) groups is 1. The van der Waals surface area contributed by atoms with Gasteiger partial charge in [0, 0.05) is 16.1 Å². The quantitative estimate of drug-likeness (QED) is 0.808. The first-order chi connectivity index (χ1) is 9.08. The highest BCUT2D eigenvalue weighted by Gasteiger charge is 2.45. The molecular formula is C14H17ClN2O2S. The molecule has 0 aliphatic heterocycles. The monoisotopic (exact) mass is 312 g/mol. The standard InChI is InChI=1S/C14H16N2O2S.ClH/c15-14(5-6-14)13(18)16-8-10(17)12-7-9-3-1-2-4-11(9)19-12;/h1-4,7,10,17H,5-6,8,15H2,(H,16,18);1H. The van der Waals surface area contributed by atoms with Crippen molar-refractivity contribution >= 4 is 39.7 Å². The maximum Gasteiger partial charge on any atom is 0.240 e. The molecule has 4 nitrogen and oxygen atoms in total. The smallest absolute Gasteiger partial charge is 0.240 e. The number of nitrogens with one attached hydrogen (secondary N) is 1. The third-order valence-corrected chi connectivity index (χ3v) is 4.69. The lowest BCUT2D eigenvalue weighted by Gasteiger charge is -2.13. The molecule has 6 heteroatoms. The Bertz CT molecular complexity index is 591. The molecule has 4 N–H and O–H groups in total. The van der Waals surface area contributed by atoms with Gasteiger partial charge in [-0.15, -0.1) is 23.7 Å². The van der Waals surface area contributed by atoms with Gasteiger partial charge >= 0.3 is 0 Å². The molecule has 0 bridgehead atoms. The normalized spacial score (nSPS) is 17.3. The Balaban J connectivity index is 0.00000147. The second kappa shape index (κ2) is 5.69. The molecule has 3 rings (SSSR count). The lowest BCUT2D eigenvalue weighted by atomic mass is 10.2. The lowest BCUT2D eigenvalue weighted by molar-refractivity contribution is -0.123. The number of rotatable bonds is 4. The fraction of sp³-hybridized carbons (Fsp3) is 0.357. The van der Waals surface area contributed by atoms with Crippen LogP contribution in [0.4, 0.5) is 0 Å². The number of hydrogen-bond acceptors (Lipinski definition) is 4. The lowest BCUT2D eigenvalue weighted by Crippen LogP contribution is -2.44. The maximum absolute atomic E-state index is 11.7. The van der Waals surface area contributed by atoms with Crippen LogP contribution >= 0.6 is 23.7 Å².